The van der Waals surface area contributed by atoms with Crippen LogP contribution in [0.15, 0.2) is 0 Å². The average molecular weight is 234 g/mol. The molecule has 0 spiro atoms. The molecule has 2 atom stereocenters. The zero-order valence-corrected chi connectivity index (χ0v) is 10.2. The second-order valence-electron chi connectivity index (χ2n) is 4.84. The smallest absolute Gasteiger partial charge is 0.310 e. The molecule has 15 heavy (non-hydrogen) atoms. The molecule has 1 N–H and O–H groups in total. The van der Waals surface area contributed by atoms with Gasteiger partial charge in [0.05, 0.1) is 16.9 Å². The van der Waals surface area contributed by atoms with E-state index in [2.05, 4.69) is 0 Å². The fourth-order valence-electron chi connectivity index (χ4n) is 2.24. The Hall–Kier alpha value is -0.580. The van der Waals surface area contributed by atoms with E-state index in [0.29, 0.717) is 0 Å². The van der Waals surface area contributed by atoms with Crippen molar-refractivity contribution in [1.29, 1.82) is 0 Å². The number of carbonyl (C=O) groups is 1. The van der Waals surface area contributed by atoms with Crippen LogP contribution in [0.25, 0.3) is 0 Å². The topological polar surface area (TPSA) is 71.4 Å². The van der Waals surface area contributed by atoms with Gasteiger partial charge >= 0.3 is 5.97 Å². The van der Waals surface area contributed by atoms with Gasteiger partial charge in [-0.2, -0.15) is 0 Å². The normalized spacial score (nSPS) is 31.7. The van der Waals surface area contributed by atoms with Crippen molar-refractivity contribution in [2.24, 2.45) is 17.3 Å². The van der Waals surface area contributed by atoms with Gasteiger partial charge in [-0.05, 0) is 18.3 Å². The zero-order chi connectivity index (χ0) is 11.9. The van der Waals surface area contributed by atoms with Crippen molar-refractivity contribution in [1.82, 2.24) is 0 Å². The molecule has 1 aliphatic rings. The summed E-state index contributed by atoms with van der Waals surface area (Å²) in [5, 5.41) is 9.25. The first-order valence-electron chi connectivity index (χ1n) is 5.15. The van der Waals surface area contributed by atoms with E-state index in [4.69, 9.17) is 0 Å². The van der Waals surface area contributed by atoms with Crippen molar-refractivity contribution in [3.05, 3.63) is 0 Å². The zero-order valence-electron chi connectivity index (χ0n) is 9.36. The van der Waals surface area contributed by atoms with Gasteiger partial charge in [-0.15, -0.1) is 0 Å². The summed E-state index contributed by atoms with van der Waals surface area (Å²) < 4.78 is 22.8. The van der Waals surface area contributed by atoms with Crippen LogP contribution in [0, 0.1) is 17.3 Å². The van der Waals surface area contributed by atoms with Crippen molar-refractivity contribution >= 4 is 15.8 Å². The highest BCUT2D eigenvalue weighted by Gasteiger charge is 2.52. The molecule has 1 rings (SSSR count). The molecular formula is C10H18O4S. The van der Waals surface area contributed by atoms with E-state index in [1.54, 1.807) is 0 Å². The minimum absolute atomic E-state index is 0.0103. The molecular weight excluding hydrogens is 216 g/mol. The van der Waals surface area contributed by atoms with Gasteiger partial charge in [0.15, 0.2) is 9.84 Å². The van der Waals surface area contributed by atoms with E-state index in [1.165, 1.54) is 0 Å². The predicted molar refractivity (Wildman–Crippen MR) is 57.3 cm³/mol. The summed E-state index contributed by atoms with van der Waals surface area (Å²) >= 11 is 0. The summed E-state index contributed by atoms with van der Waals surface area (Å²) in [6.45, 7) is 5.69. The molecule has 0 aromatic carbocycles. The van der Waals surface area contributed by atoms with Gasteiger partial charge < -0.3 is 5.11 Å². The van der Waals surface area contributed by atoms with Gasteiger partial charge in [-0.3, -0.25) is 4.79 Å². The van der Waals surface area contributed by atoms with Crippen LogP contribution in [-0.4, -0.2) is 31.0 Å². The van der Waals surface area contributed by atoms with Gasteiger partial charge in [-0.1, -0.05) is 20.8 Å². The van der Waals surface area contributed by atoms with Crippen molar-refractivity contribution in [3.8, 4) is 0 Å². The molecule has 1 saturated heterocycles. The number of carboxylic acid groups (broad SMARTS) is 1. The lowest BCUT2D eigenvalue weighted by molar-refractivity contribution is -0.151. The molecule has 0 aromatic rings. The Morgan fingerprint density at radius 3 is 2.13 bits per heavy atom. The third-order valence-corrected chi connectivity index (χ3v) is 5.42. The molecule has 0 aliphatic carbocycles. The van der Waals surface area contributed by atoms with E-state index >= 15 is 0 Å². The molecule has 1 heterocycles. The number of sulfone groups is 1. The van der Waals surface area contributed by atoms with E-state index in [1.807, 2.05) is 20.8 Å². The summed E-state index contributed by atoms with van der Waals surface area (Å²) in [6, 6.07) is 0. The Labute approximate surface area is 90.6 Å². The largest absolute Gasteiger partial charge is 0.481 e. The van der Waals surface area contributed by atoms with Crippen LogP contribution < -0.4 is 0 Å². The number of aliphatic carboxylic acids is 1. The number of rotatable bonds is 3. The van der Waals surface area contributed by atoms with Crippen molar-refractivity contribution < 1.29 is 18.3 Å². The van der Waals surface area contributed by atoms with E-state index < -0.39 is 21.2 Å². The van der Waals surface area contributed by atoms with Crippen molar-refractivity contribution in [2.75, 3.05) is 11.5 Å². The first kappa shape index (κ1) is 12.5. The molecule has 2 unspecified atom stereocenters. The summed E-state index contributed by atoms with van der Waals surface area (Å²) in [5.74, 6) is -1.10. The second-order valence-corrected chi connectivity index (χ2v) is 7.02. The molecule has 0 saturated carbocycles. The quantitative estimate of drug-likeness (QED) is 0.795. The third kappa shape index (κ3) is 2.17. The van der Waals surface area contributed by atoms with Crippen molar-refractivity contribution in [2.45, 2.75) is 27.2 Å². The number of hydrogen-bond donors (Lipinski definition) is 1. The highest BCUT2D eigenvalue weighted by Crippen LogP contribution is 2.42. The molecule has 0 aromatic heterocycles. The standard InChI is InChI=1S/C10H18O4S/c1-7(2)8(3)10(9(11)12)4-5-15(13,14)6-10/h7-8H,4-6H2,1-3H3,(H,11,12). The highest BCUT2D eigenvalue weighted by atomic mass is 32.2. The maximum absolute atomic E-state index is 11.4. The van der Waals surface area contributed by atoms with Crippen LogP contribution in [0.3, 0.4) is 0 Å². The maximum atomic E-state index is 11.4. The monoisotopic (exact) mass is 234 g/mol. The van der Waals surface area contributed by atoms with E-state index in [0.717, 1.165) is 0 Å². The molecule has 88 valence electrons. The Balaban J connectivity index is 3.08. The van der Waals surface area contributed by atoms with Crippen LogP contribution in [0.5, 0.6) is 0 Å². The van der Waals surface area contributed by atoms with E-state index in [-0.39, 0.29) is 29.8 Å². The van der Waals surface area contributed by atoms with Gasteiger partial charge in [0.1, 0.15) is 0 Å². The SMILES string of the molecule is CC(C)C(C)C1(C(=O)O)CCS(=O)(=O)C1. The average Bonchev–Trinajstić information content (AvgIpc) is 2.41. The Morgan fingerprint density at radius 1 is 1.33 bits per heavy atom. The third-order valence-electron chi connectivity index (χ3n) is 3.63. The molecule has 5 heteroatoms. The van der Waals surface area contributed by atoms with Crippen LogP contribution in [-0.2, 0) is 14.6 Å². The Kier molecular flexibility index (Phi) is 3.14. The highest BCUT2D eigenvalue weighted by molar-refractivity contribution is 7.91. The van der Waals surface area contributed by atoms with Crippen LogP contribution >= 0.6 is 0 Å². The summed E-state index contributed by atoms with van der Waals surface area (Å²) in [5.41, 5.74) is -1.06. The van der Waals surface area contributed by atoms with E-state index in [9.17, 15) is 18.3 Å². The van der Waals surface area contributed by atoms with Crippen LogP contribution in [0.4, 0.5) is 0 Å². The van der Waals surface area contributed by atoms with Crippen LogP contribution in [0.2, 0.25) is 0 Å². The molecule has 1 aliphatic heterocycles. The van der Waals surface area contributed by atoms with Crippen LogP contribution in [0.1, 0.15) is 27.2 Å². The molecule has 0 radical (unpaired) electrons. The fourth-order valence-corrected chi connectivity index (χ4v) is 4.37. The molecule has 4 nitrogen and oxygen atoms in total. The number of hydrogen-bond acceptors (Lipinski definition) is 3. The summed E-state index contributed by atoms with van der Waals surface area (Å²) in [6.07, 6.45) is 0.254. The summed E-state index contributed by atoms with van der Waals surface area (Å²) in [4.78, 5) is 11.3. The predicted octanol–water partition coefficient (Wildman–Crippen LogP) is 1.17. The van der Waals surface area contributed by atoms with Gasteiger partial charge in [0, 0.05) is 0 Å². The van der Waals surface area contributed by atoms with Crippen molar-refractivity contribution in [3.63, 3.8) is 0 Å². The minimum atomic E-state index is -3.16. The lowest BCUT2D eigenvalue weighted by Gasteiger charge is -2.32. The maximum Gasteiger partial charge on any atom is 0.310 e. The van der Waals surface area contributed by atoms with Gasteiger partial charge in [0.2, 0.25) is 0 Å². The first-order valence-corrected chi connectivity index (χ1v) is 6.97. The molecule has 0 bridgehead atoms. The fraction of sp³-hybridized carbons (Fsp3) is 0.900. The molecule has 1 fully saturated rings. The Morgan fingerprint density at radius 2 is 1.87 bits per heavy atom. The lowest BCUT2D eigenvalue weighted by atomic mass is 9.71. The lowest BCUT2D eigenvalue weighted by Crippen LogP contribution is -2.40. The number of carboxylic acids is 1. The molecule has 0 amide bonds. The minimum Gasteiger partial charge on any atom is -0.481 e. The first-order chi connectivity index (χ1) is 6.71. The summed E-state index contributed by atoms with van der Waals surface area (Å²) in [7, 11) is -3.16. The van der Waals surface area contributed by atoms with Gasteiger partial charge in [-0.25, -0.2) is 8.42 Å². The van der Waals surface area contributed by atoms with Gasteiger partial charge in [0.25, 0.3) is 0 Å². The second kappa shape index (κ2) is 3.77. The Bertz CT molecular complexity index is 358.